The van der Waals surface area contributed by atoms with Crippen molar-refractivity contribution in [2.24, 2.45) is 5.92 Å². The molecule has 1 aromatic heterocycles. The number of nitrogens with zero attached hydrogens (tertiary/aromatic N) is 2. The second-order valence-corrected chi connectivity index (χ2v) is 6.75. The summed E-state index contributed by atoms with van der Waals surface area (Å²) in [5.74, 6) is -1.71. The van der Waals surface area contributed by atoms with Gasteiger partial charge in [-0.3, -0.25) is 9.69 Å². The molecule has 0 bridgehead atoms. The summed E-state index contributed by atoms with van der Waals surface area (Å²) >= 11 is 5.25. The summed E-state index contributed by atoms with van der Waals surface area (Å²) in [5, 5.41) is 12.7. The van der Waals surface area contributed by atoms with Gasteiger partial charge >= 0.3 is 5.97 Å². The van der Waals surface area contributed by atoms with Crippen molar-refractivity contribution in [2.75, 3.05) is 12.3 Å². The highest BCUT2D eigenvalue weighted by molar-refractivity contribution is 7.80. The summed E-state index contributed by atoms with van der Waals surface area (Å²) in [7, 11) is 0. The molecule has 2 heterocycles. The third kappa shape index (κ3) is 4.22. The SMILES string of the molecule is Nc1cc(CC2C(=O)N(C(=S)NCCc3ccccc3)[C@H]2C(=O)O)ccn1. The molecule has 7 nitrogen and oxygen atoms in total. The topological polar surface area (TPSA) is 109 Å². The zero-order valence-corrected chi connectivity index (χ0v) is 15.4. The summed E-state index contributed by atoms with van der Waals surface area (Å²) in [6.07, 6.45) is 2.54. The Morgan fingerprint density at radius 3 is 2.67 bits per heavy atom. The summed E-state index contributed by atoms with van der Waals surface area (Å²) in [6, 6.07) is 12.2. The highest BCUT2D eigenvalue weighted by Crippen LogP contribution is 2.30. The van der Waals surface area contributed by atoms with Crippen molar-refractivity contribution >= 4 is 35.0 Å². The Labute approximate surface area is 162 Å². The molecular formula is C19H20N4O3S. The first kappa shape index (κ1) is 18.8. The second-order valence-electron chi connectivity index (χ2n) is 6.36. The van der Waals surface area contributed by atoms with Crippen LogP contribution in [-0.4, -0.2) is 44.6 Å². The molecular weight excluding hydrogens is 364 g/mol. The molecule has 1 unspecified atom stereocenters. The predicted molar refractivity (Wildman–Crippen MR) is 105 cm³/mol. The second kappa shape index (κ2) is 8.13. The van der Waals surface area contributed by atoms with Crippen molar-refractivity contribution in [1.82, 2.24) is 15.2 Å². The van der Waals surface area contributed by atoms with E-state index >= 15 is 0 Å². The lowest BCUT2D eigenvalue weighted by Gasteiger charge is -2.44. The number of β-lactam (4-membered cyclic amide) rings is 1. The molecule has 2 aromatic rings. The number of benzene rings is 1. The number of carboxylic acids is 1. The van der Waals surface area contributed by atoms with Crippen LogP contribution >= 0.6 is 12.2 Å². The smallest absolute Gasteiger partial charge is 0.327 e. The van der Waals surface area contributed by atoms with E-state index in [9.17, 15) is 14.7 Å². The number of aliphatic carboxylic acids is 1. The lowest BCUT2D eigenvalue weighted by Crippen LogP contribution is -2.68. The van der Waals surface area contributed by atoms with Gasteiger partial charge in [0.25, 0.3) is 0 Å². The van der Waals surface area contributed by atoms with E-state index in [0.29, 0.717) is 12.4 Å². The Hall–Kier alpha value is -3.00. The molecule has 1 aromatic carbocycles. The number of nitrogens with one attached hydrogen (secondary N) is 1. The average Bonchev–Trinajstić information content (AvgIpc) is 2.64. The molecule has 1 fully saturated rings. The van der Waals surface area contributed by atoms with Crippen LogP contribution in [0.1, 0.15) is 11.1 Å². The minimum absolute atomic E-state index is 0.147. The predicted octanol–water partition coefficient (Wildman–Crippen LogP) is 1.24. The number of carboxylic acid groups (broad SMARTS) is 1. The first-order valence-electron chi connectivity index (χ1n) is 8.55. The fourth-order valence-corrected chi connectivity index (χ4v) is 3.48. The molecule has 0 aliphatic carbocycles. The minimum atomic E-state index is -1.08. The number of nitrogen functional groups attached to an aromatic ring is 1. The van der Waals surface area contributed by atoms with Crippen LogP contribution in [0.2, 0.25) is 0 Å². The lowest BCUT2D eigenvalue weighted by molar-refractivity contribution is -0.164. The van der Waals surface area contributed by atoms with E-state index in [0.717, 1.165) is 22.4 Å². The Kier molecular flexibility index (Phi) is 5.66. The molecule has 0 radical (unpaired) electrons. The Morgan fingerprint density at radius 2 is 2.00 bits per heavy atom. The van der Waals surface area contributed by atoms with E-state index < -0.39 is 17.9 Å². The highest BCUT2D eigenvalue weighted by atomic mass is 32.1. The van der Waals surface area contributed by atoms with Crippen molar-refractivity contribution in [3.05, 3.63) is 59.8 Å². The van der Waals surface area contributed by atoms with Crippen molar-refractivity contribution in [3.63, 3.8) is 0 Å². The fraction of sp³-hybridized carbons (Fsp3) is 0.263. The van der Waals surface area contributed by atoms with Gasteiger partial charge in [0, 0.05) is 12.7 Å². The van der Waals surface area contributed by atoms with Gasteiger partial charge in [-0.1, -0.05) is 30.3 Å². The van der Waals surface area contributed by atoms with Crippen LogP contribution in [0.25, 0.3) is 0 Å². The third-order valence-electron chi connectivity index (χ3n) is 4.52. The summed E-state index contributed by atoms with van der Waals surface area (Å²) < 4.78 is 0. The number of aromatic nitrogens is 1. The number of hydrogen-bond acceptors (Lipinski definition) is 5. The third-order valence-corrected chi connectivity index (χ3v) is 4.86. The van der Waals surface area contributed by atoms with Gasteiger partial charge in [0.2, 0.25) is 5.91 Å². The number of thiocarbonyl (C=S) groups is 1. The minimum Gasteiger partial charge on any atom is -0.480 e. The first-order valence-corrected chi connectivity index (χ1v) is 8.96. The molecule has 27 heavy (non-hydrogen) atoms. The lowest BCUT2D eigenvalue weighted by atomic mass is 9.83. The van der Waals surface area contributed by atoms with Gasteiger partial charge in [0.1, 0.15) is 11.9 Å². The van der Waals surface area contributed by atoms with Gasteiger partial charge in [-0.25, -0.2) is 9.78 Å². The van der Waals surface area contributed by atoms with Crippen LogP contribution in [0.3, 0.4) is 0 Å². The largest absolute Gasteiger partial charge is 0.480 e. The molecule has 140 valence electrons. The quantitative estimate of drug-likeness (QED) is 0.508. The summed E-state index contributed by atoms with van der Waals surface area (Å²) in [4.78, 5) is 29.3. The Morgan fingerprint density at radius 1 is 1.26 bits per heavy atom. The van der Waals surface area contributed by atoms with Gasteiger partial charge in [0.15, 0.2) is 5.11 Å². The fourth-order valence-electron chi connectivity index (χ4n) is 3.18. The number of anilines is 1. The average molecular weight is 384 g/mol. The van der Waals surface area contributed by atoms with Gasteiger partial charge in [0.05, 0.1) is 5.92 Å². The standard InChI is InChI=1S/C19H20N4O3S/c20-15-11-13(7-8-21-15)10-14-16(18(25)26)23(17(14)24)19(27)22-9-6-12-4-2-1-3-5-12/h1-5,7-8,11,14,16H,6,9-10H2,(H2,20,21)(H,22,27)(H,25,26)/t14?,16-/m1/s1. The molecule has 3 rings (SSSR count). The molecule has 1 aliphatic heterocycles. The van der Waals surface area contributed by atoms with Crippen LogP contribution in [0.5, 0.6) is 0 Å². The molecule has 8 heteroatoms. The first-order chi connectivity index (χ1) is 13.0. The summed E-state index contributed by atoms with van der Waals surface area (Å²) in [6.45, 7) is 0.518. The molecule has 1 aliphatic rings. The Balaban J connectivity index is 1.60. The maximum Gasteiger partial charge on any atom is 0.327 e. The van der Waals surface area contributed by atoms with Gasteiger partial charge in [-0.15, -0.1) is 0 Å². The van der Waals surface area contributed by atoms with Crippen molar-refractivity contribution < 1.29 is 14.7 Å². The monoisotopic (exact) mass is 384 g/mol. The van der Waals surface area contributed by atoms with Gasteiger partial charge in [-0.2, -0.15) is 0 Å². The number of rotatable bonds is 6. The molecule has 0 saturated carbocycles. The maximum absolute atomic E-state index is 12.5. The van der Waals surface area contributed by atoms with Crippen molar-refractivity contribution in [1.29, 1.82) is 0 Å². The zero-order valence-electron chi connectivity index (χ0n) is 14.5. The molecule has 1 saturated heterocycles. The van der Waals surface area contributed by atoms with Gasteiger partial charge in [-0.05, 0) is 48.3 Å². The van der Waals surface area contributed by atoms with E-state index in [1.54, 1.807) is 12.1 Å². The van der Waals surface area contributed by atoms with Crippen LogP contribution in [0.4, 0.5) is 5.82 Å². The van der Waals surface area contributed by atoms with Crippen molar-refractivity contribution in [2.45, 2.75) is 18.9 Å². The van der Waals surface area contributed by atoms with E-state index in [1.165, 1.54) is 6.20 Å². The maximum atomic E-state index is 12.5. The Bertz CT molecular complexity index is 859. The van der Waals surface area contributed by atoms with Crippen LogP contribution in [0, 0.1) is 5.92 Å². The zero-order chi connectivity index (χ0) is 19.4. The van der Waals surface area contributed by atoms with Crippen LogP contribution in [-0.2, 0) is 22.4 Å². The number of hydrogen-bond donors (Lipinski definition) is 3. The van der Waals surface area contributed by atoms with E-state index in [1.807, 2.05) is 30.3 Å². The number of likely N-dealkylation sites (tertiary alicyclic amines) is 1. The molecule has 0 spiro atoms. The molecule has 2 atom stereocenters. The van der Waals surface area contributed by atoms with E-state index in [2.05, 4.69) is 10.3 Å². The number of pyridine rings is 1. The number of nitrogens with two attached hydrogens (primary N) is 1. The van der Waals surface area contributed by atoms with Crippen LogP contribution < -0.4 is 11.1 Å². The highest BCUT2D eigenvalue weighted by Gasteiger charge is 2.53. The number of carbonyl (C=O) groups is 2. The number of amides is 1. The van der Waals surface area contributed by atoms with Crippen molar-refractivity contribution in [3.8, 4) is 0 Å². The summed E-state index contributed by atoms with van der Waals surface area (Å²) in [5.41, 5.74) is 7.55. The normalized spacial score (nSPS) is 18.7. The van der Waals surface area contributed by atoms with Gasteiger partial charge < -0.3 is 16.2 Å². The van der Waals surface area contributed by atoms with E-state index in [-0.39, 0.29) is 17.4 Å². The van der Waals surface area contributed by atoms with Crippen LogP contribution in [0.15, 0.2) is 48.7 Å². The molecule has 4 N–H and O–H groups in total. The molecule has 1 amide bonds. The number of carbonyl (C=O) groups excluding carboxylic acids is 1. The van der Waals surface area contributed by atoms with E-state index in [4.69, 9.17) is 18.0 Å².